The highest BCUT2D eigenvalue weighted by molar-refractivity contribution is 5.81. The van der Waals surface area contributed by atoms with E-state index in [0.29, 0.717) is 0 Å². The molecule has 1 aromatic carbocycles. The molecule has 1 atom stereocenters. The van der Waals surface area contributed by atoms with E-state index in [-0.39, 0.29) is 11.9 Å². The maximum Gasteiger partial charge on any atom is 0.239 e. The van der Waals surface area contributed by atoms with Gasteiger partial charge in [0.1, 0.15) is 6.04 Å². The van der Waals surface area contributed by atoms with Gasteiger partial charge in [0.15, 0.2) is 0 Å². The average molecular weight is 273 g/mol. The Morgan fingerprint density at radius 2 is 1.95 bits per heavy atom. The van der Waals surface area contributed by atoms with E-state index in [1.807, 2.05) is 0 Å². The number of hydrogen-bond donors (Lipinski definition) is 2. The molecule has 1 saturated carbocycles. The van der Waals surface area contributed by atoms with Crippen molar-refractivity contribution in [3.63, 3.8) is 0 Å². The minimum Gasteiger partial charge on any atom is -0.368 e. The lowest BCUT2D eigenvalue weighted by Gasteiger charge is -2.28. The Morgan fingerprint density at radius 1 is 1.20 bits per heavy atom. The van der Waals surface area contributed by atoms with Crippen molar-refractivity contribution >= 4 is 5.91 Å². The second-order valence-corrected chi connectivity index (χ2v) is 5.89. The van der Waals surface area contributed by atoms with Gasteiger partial charge in [-0.25, -0.2) is 0 Å². The highest BCUT2D eigenvalue weighted by atomic mass is 16.1. The van der Waals surface area contributed by atoms with E-state index in [0.717, 1.165) is 44.1 Å². The van der Waals surface area contributed by atoms with E-state index >= 15 is 0 Å². The van der Waals surface area contributed by atoms with Gasteiger partial charge in [0, 0.05) is 19.6 Å². The van der Waals surface area contributed by atoms with Crippen LogP contribution in [-0.4, -0.2) is 37.0 Å². The Balaban J connectivity index is 1.79. The number of carbonyl (C=O) groups excluding carboxylic acids is 1. The van der Waals surface area contributed by atoms with Crippen molar-refractivity contribution in [2.75, 3.05) is 26.2 Å². The molecule has 1 saturated heterocycles. The maximum atomic E-state index is 11.9. The zero-order valence-corrected chi connectivity index (χ0v) is 11.8. The predicted molar refractivity (Wildman–Crippen MR) is 79.4 cm³/mol. The van der Waals surface area contributed by atoms with Crippen molar-refractivity contribution < 1.29 is 4.79 Å². The summed E-state index contributed by atoms with van der Waals surface area (Å²) in [6.07, 6.45) is 3.66. The molecule has 2 fully saturated rings. The van der Waals surface area contributed by atoms with E-state index in [4.69, 9.17) is 5.73 Å². The second kappa shape index (κ2) is 5.94. The van der Waals surface area contributed by atoms with E-state index in [1.165, 1.54) is 18.4 Å². The largest absolute Gasteiger partial charge is 0.368 e. The Hall–Kier alpha value is -1.39. The van der Waals surface area contributed by atoms with Gasteiger partial charge in [-0.1, -0.05) is 24.3 Å². The van der Waals surface area contributed by atoms with Gasteiger partial charge in [0.05, 0.1) is 0 Å². The summed E-state index contributed by atoms with van der Waals surface area (Å²) >= 11 is 0. The molecule has 4 nitrogen and oxygen atoms in total. The fourth-order valence-corrected chi connectivity index (χ4v) is 3.05. The van der Waals surface area contributed by atoms with Gasteiger partial charge in [-0.05, 0) is 42.9 Å². The van der Waals surface area contributed by atoms with Gasteiger partial charge < -0.3 is 11.1 Å². The number of benzene rings is 1. The Bertz CT molecular complexity index is 459. The molecule has 4 heteroatoms. The summed E-state index contributed by atoms with van der Waals surface area (Å²) in [7, 11) is 0. The van der Waals surface area contributed by atoms with E-state index in [1.54, 1.807) is 0 Å². The molecule has 0 radical (unpaired) electrons. The van der Waals surface area contributed by atoms with Crippen LogP contribution in [0.2, 0.25) is 0 Å². The van der Waals surface area contributed by atoms with Crippen LogP contribution >= 0.6 is 0 Å². The lowest BCUT2D eigenvalue weighted by Crippen LogP contribution is -2.39. The Labute approximate surface area is 120 Å². The van der Waals surface area contributed by atoms with Crippen molar-refractivity contribution in [3.8, 4) is 0 Å². The van der Waals surface area contributed by atoms with Gasteiger partial charge in [-0.15, -0.1) is 0 Å². The fraction of sp³-hybridized carbons (Fsp3) is 0.562. The minimum absolute atomic E-state index is 0.244. The number of nitrogens with one attached hydrogen (secondary N) is 1. The zero-order valence-electron chi connectivity index (χ0n) is 11.8. The summed E-state index contributed by atoms with van der Waals surface area (Å²) in [6.45, 7) is 3.73. The molecular weight excluding hydrogens is 250 g/mol. The fourth-order valence-electron chi connectivity index (χ4n) is 3.05. The molecule has 1 unspecified atom stereocenters. The van der Waals surface area contributed by atoms with Crippen molar-refractivity contribution in [2.45, 2.75) is 31.2 Å². The van der Waals surface area contributed by atoms with Crippen LogP contribution in [0, 0.1) is 0 Å². The Kier molecular flexibility index (Phi) is 4.03. The van der Waals surface area contributed by atoms with Crippen LogP contribution in [-0.2, 0) is 4.79 Å². The van der Waals surface area contributed by atoms with Crippen LogP contribution in [0.15, 0.2) is 24.3 Å². The third-order valence-corrected chi connectivity index (χ3v) is 4.31. The topological polar surface area (TPSA) is 58.4 Å². The normalized spacial score (nSPS) is 22.2. The zero-order chi connectivity index (χ0) is 13.9. The molecule has 1 aliphatic carbocycles. The van der Waals surface area contributed by atoms with E-state index < -0.39 is 0 Å². The monoisotopic (exact) mass is 273 g/mol. The first kappa shape index (κ1) is 13.6. The van der Waals surface area contributed by atoms with Crippen LogP contribution in [0.3, 0.4) is 0 Å². The first-order chi connectivity index (χ1) is 9.75. The number of primary amides is 1. The summed E-state index contributed by atoms with van der Waals surface area (Å²) < 4.78 is 0. The summed E-state index contributed by atoms with van der Waals surface area (Å²) in [6, 6.07) is 8.21. The molecule has 0 spiro atoms. The second-order valence-electron chi connectivity index (χ2n) is 5.89. The van der Waals surface area contributed by atoms with Gasteiger partial charge in [-0.3, -0.25) is 9.69 Å². The lowest BCUT2D eigenvalue weighted by molar-refractivity contribution is -0.123. The third-order valence-electron chi connectivity index (χ3n) is 4.31. The SMILES string of the molecule is NC(=O)C(c1ccc(C2CC2)cc1)N1CCCNCC1. The van der Waals surface area contributed by atoms with Gasteiger partial charge in [0.25, 0.3) is 0 Å². The number of amides is 1. The number of nitrogens with two attached hydrogens (primary N) is 1. The maximum absolute atomic E-state index is 11.9. The summed E-state index contributed by atoms with van der Waals surface area (Å²) in [5.74, 6) is 0.504. The predicted octanol–water partition coefficient (Wildman–Crippen LogP) is 1.39. The lowest BCUT2D eigenvalue weighted by atomic mass is 10.0. The van der Waals surface area contributed by atoms with Crippen molar-refractivity contribution in [2.24, 2.45) is 5.73 Å². The number of hydrogen-bond acceptors (Lipinski definition) is 3. The van der Waals surface area contributed by atoms with Crippen LogP contribution in [0.25, 0.3) is 0 Å². The molecule has 3 rings (SSSR count). The van der Waals surface area contributed by atoms with Crippen LogP contribution in [0.5, 0.6) is 0 Å². The van der Waals surface area contributed by atoms with Crippen molar-refractivity contribution in [1.82, 2.24) is 10.2 Å². The van der Waals surface area contributed by atoms with E-state index in [9.17, 15) is 4.79 Å². The summed E-state index contributed by atoms with van der Waals surface area (Å²) in [5.41, 5.74) is 8.09. The highest BCUT2D eigenvalue weighted by Gasteiger charge is 2.27. The molecular formula is C16H23N3O. The van der Waals surface area contributed by atoms with Gasteiger partial charge in [-0.2, -0.15) is 0 Å². The summed E-state index contributed by atoms with van der Waals surface area (Å²) in [4.78, 5) is 14.1. The number of carbonyl (C=O) groups is 1. The molecule has 1 aromatic rings. The average Bonchev–Trinajstić information content (AvgIpc) is 3.27. The standard InChI is InChI=1S/C16H23N3O/c17-16(20)15(19-10-1-8-18-9-11-19)14-6-4-13(5-7-14)12-2-3-12/h4-7,12,15,18H,1-3,8-11H2,(H2,17,20). The molecule has 0 aromatic heterocycles. The highest BCUT2D eigenvalue weighted by Crippen LogP contribution is 2.40. The van der Waals surface area contributed by atoms with Crippen LogP contribution < -0.4 is 11.1 Å². The molecule has 108 valence electrons. The van der Waals surface area contributed by atoms with Crippen LogP contribution in [0.1, 0.15) is 42.3 Å². The molecule has 1 amide bonds. The first-order valence-corrected chi connectivity index (χ1v) is 7.59. The number of nitrogens with zero attached hydrogens (tertiary/aromatic N) is 1. The quantitative estimate of drug-likeness (QED) is 0.871. The minimum atomic E-state index is -0.289. The molecule has 2 aliphatic rings. The molecule has 3 N–H and O–H groups in total. The number of rotatable bonds is 4. The molecule has 20 heavy (non-hydrogen) atoms. The smallest absolute Gasteiger partial charge is 0.239 e. The Morgan fingerprint density at radius 3 is 2.60 bits per heavy atom. The van der Waals surface area contributed by atoms with Gasteiger partial charge >= 0.3 is 0 Å². The van der Waals surface area contributed by atoms with Crippen molar-refractivity contribution in [1.29, 1.82) is 0 Å². The summed E-state index contributed by atoms with van der Waals surface area (Å²) in [5, 5.41) is 3.36. The molecule has 0 bridgehead atoms. The molecule has 1 aliphatic heterocycles. The first-order valence-electron chi connectivity index (χ1n) is 7.59. The van der Waals surface area contributed by atoms with Crippen molar-refractivity contribution in [3.05, 3.63) is 35.4 Å². The van der Waals surface area contributed by atoms with Crippen LogP contribution in [0.4, 0.5) is 0 Å². The van der Waals surface area contributed by atoms with E-state index in [2.05, 4.69) is 34.5 Å². The third kappa shape index (κ3) is 3.02. The van der Waals surface area contributed by atoms with Gasteiger partial charge in [0.2, 0.25) is 5.91 Å². The molecule has 1 heterocycles.